The molecule has 1 aliphatic heterocycles. The number of hydrogen-bond donors (Lipinski definition) is 1. The number of thiazole rings is 1. The summed E-state index contributed by atoms with van der Waals surface area (Å²) in [6.07, 6.45) is 0.799. The van der Waals surface area contributed by atoms with Crippen LogP contribution >= 0.6 is 11.3 Å². The van der Waals surface area contributed by atoms with Crippen molar-refractivity contribution in [2.24, 2.45) is 5.73 Å². The van der Waals surface area contributed by atoms with Crippen molar-refractivity contribution in [3.05, 3.63) is 29.4 Å². The number of hydrogen-bond acceptors (Lipinski definition) is 5. The van der Waals surface area contributed by atoms with Crippen LogP contribution in [0.25, 0.3) is 10.4 Å². The average molecular weight is 262 g/mol. The van der Waals surface area contributed by atoms with Gasteiger partial charge in [0.2, 0.25) is 0 Å². The predicted octanol–water partition coefficient (Wildman–Crippen LogP) is 2.08. The molecule has 0 unspecified atom stereocenters. The first-order chi connectivity index (χ1) is 8.88. The lowest BCUT2D eigenvalue weighted by atomic mass is 10.1. The van der Waals surface area contributed by atoms with Crippen molar-refractivity contribution < 1.29 is 9.47 Å². The second kappa shape index (κ2) is 4.96. The van der Waals surface area contributed by atoms with Gasteiger partial charge in [0.1, 0.15) is 13.2 Å². The van der Waals surface area contributed by atoms with Gasteiger partial charge < -0.3 is 15.2 Å². The predicted molar refractivity (Wildman–Crippen MR) is 71.3 cm³/mol. The van der Waals surface area contributed by atoms with Crippen LogP contribution < -0.4 is 15.2 Å². The summed E-state index contributed by atoms with van der Waals surface area (Å²) in [5.74, 6) is 1.63. The van der Waals surface area contributed by atoms with Crippen LogP contribution in [0, 0.1) is 0 Å². The molecule has 1 aliphatic rings. The zero-order valence-electron chi connectivity index (χ0n) is 9.89. The lowest BCUT2D eigenvalue weighted by molar-refractivity contribution is 0.171. The minimum Gasteiger partial charge on any atom is -0.486 e. The normalized spacial score (nSPS) is 13.6. The molecule has 2 aromatic rings. The molecule has 0 radical (unpaired) electrons. The molecule has 0 aliphatic carbocycles. The molecule has 0 fully saturated rings. The molecule has 18 heavy (non-hydrogen) atoms. The van der Waals surface area contributed by atoms with E-state index in [4.69, 9.17) is 15.2 Å². The Morgan fingerprint density at radius 1 is 1.22 bits per heavy atom. The first-order valence-electron chi connectivity index (χ1n) is 5.91. The molecule has 0 bridgehead atoms. The van der Waals surface area contributed by atoms with Crippen LogP contribution in [0.3, 0.4) is 0 Å². The Balaban J connectivity index is 1.98. The molecule has 0 saturated heterocycles. The third-order valence-corrected chi connectivity index (χ3v) is 3.74. The fourth-order valence-corrected chi connectivity index (χ4v) is 2.84. The number of ether oxygens (including phenoxy) is 2. The fraction of sp³-hybridized carbons (Fsp3) is 0.308. The fourth-order valence-electron chi connectivity index (χ4n) is 2.00. The maximum absolute atomic E-state index is 5.60. The lowest BCUT2D eigenvalue weighted by Crippen LogP contribution is -2.15. The number of nitrogens with zero attached hydrogens (tertiary/aromatic N) is 1. The second-order valence-electron chi connectivity index (χ2n) is 4.03. The van der Waals surface area contributed by atoms with E-state index in [0.717, 1.165) is 34.1 Å². The van der Waals surface area contributed by atoms with Crippen LogP contribution in [-0.4, -0.2) is 24.7 Å². The van der Waals surface area contributed by atoms with Crippen LogP contribution in [0.15, 0.2) is 23.7 Å². The first-order valence-corrected chi connectivity index (χ1v) is 6.79. The molecular weight excluding hydrogens is 248 g/mol. The van der Waals surface area contributed by atoms with Crippen LogP contribution in [0.4, 0.5) is 0 Å². The molecule has 0 saturated carbocycles. The minimum absolute atomic E-state index is 0.606. The van der Waals surface area contributed by atoms with Crippen molar-refractivity contribution in [3.63, 3.8) is 0 Å². The summed E-state index contributed by atoms with van der Waals surface area (Å²) in [5.41, 5.74) is 9.63. The van der Waals surface area contributed by atoms with Gasteiger partial charge in [-0.1, -0.05) is 0 Å². The quantitative estimate of drug-likeness (QED) is 0.920. The molecule has 3 rings (SSSR count). The topological polar surface area (TPSA) is 57.4 Å². The standard InChI is InChI=1S/C13H14N2O2S/c14-4-3-10-13(18-8-15-10)9-1-2-11-12(7-9)17-6-5-16-11/h1-2,7-8H,3-6,14H2. The van der Waals surface area contributed by atoms with Gasteiger partial charge in [-0.25, -0.2) is 4.98 Å². The van der Waals surface area contributed by atoms with Gasteiger partial charge >= 0.3 is 0 Å². The van der Waals surface area contributed by atoms with E-state index in [1.54, 1.807) is 11.3 Å². The monoisotopic (exact) mass is 262 g/mol. The summed E-state index contributed by atoms with van der Waals surface area (Å²) in [7, 11) is 0. The van der Waals surface area contributed by atoms with Crippen molar-refractivity contribution in [2.45, 2.75) is 6.42 Å². The Hall–Kier alpha value is -1.59. The highest BCUT2D eigenvalue weighted by Gasteiger charge is 2.14. The molecule has 94 valence electrons. The molecule has 2 heterocycles. The SMILES string of the molecule is NCCc1ncsc1-c1ccc2c(c1)OCCO2. The van der Waals surface area contributed by atoms with E-state index >= 15 is 0 Å². The summed E-state index contributed by atoms with van der Waals surface area (Å²) in [5, 5.41) is 0. The average Bonchev–Trinajstić information content (AvgIpc) is 2.87. The van der Waals surface area contributed by atoms with E-state index in [9.17, 15) is 0 Å². The van der Waals surface area contributed by atoms with Crippen LogP contribution in [-0.2, 0) is 6.42 Å². The third-order valence-electron chi connectivity index (χ3n) is 2.83. The maximum Gasteiger partial charge on any atom is 0.162 e. The summed E-state index contributed by atoms with van der Waals surface area (Å²) in [4.78, 5) is 5.53. The number of aromatic nitrogens is 1. The zero-order valence-corrected chi connectivity index (χ0v) is 10.7. The van der Waals surface area contributed by atoms with Crippen LogP contribution in [0.2, 0.25) is 0 Å². The molecule has 2 N–H and O–H groups in total. The van der Waals surface area contributed by atoms with E-state index in [2.05, 4.69) is 4.98 Å². The molecular formula is C13H14N2O2S. The highest BCUT2D eigenvalue weighted by Crippen LogP contribution is 2.36. The third kappa shape index (κ3) is 2.07. The Morgan fingerprint density at radius 2 is 2.06 bits per heavy atom. The van der Waals surface area contributed by atoms with Crippen LogP contribution in [0.5, 0.6) is 11.5 Å². The number of rotatable bonds is 3. The van der Waals surface area contributed by atoms with Crippen molar-refractivity contribution in [2.75, 3.05) is 19.8 Å². The Bertz CT molecular complexity index is 554. The zero-order chi connectivity index (χ0) is 12.4. The van der Waals surface area contributed by atoms with Crippen molar-refractivity contribution in [1.29, 1.82) is 0 Å². The Morgan fingerprint density at radius 3 is 2.89 bits per heavy atom. The summed E-state index contributed by atoms with van der Waals surface area (Å²) < 4.78 is 11.1. The van der Waals surface area contributed by atoms with Gasteiger partial charge in [0.15, 0.2) is 11.5 Å². The second-order valence-corrected chi connectivity index (χ2v) is 4.88. The summed E-state index contributed by atoms with van der Waals surface area (Å²) in [6.45, 7) is 1.83. The van der Waals surface area contributed by atoms with E-state index in [-0.39, 0.29) is 0 Å². The Kier molecular flexibility index (Phi) is 3.17. The number of fused-ring (bicyclic) bond motifs is 1. The van der Waals surface area contributed by atoms with Gasteiger partial charge in [0.05, 0.1) is 16.1 Å². The minimum atomic E-state index is 0.606. The molecule has 5 heteroatoms. The summed E-state index contributed by atoms with van der Waals surface area (Å²) >= 11 is 1.63. The van der Waals surface area contributed by atoms with Crippen LogP contribution in [0.1, 0.15) is 5.69 Å². The smallest absolute Gasteiger partial charge is 0.162 e. The van der Waals surface area contributed by atoms with Gasteiger partial charge in [0, 0.05) is 6.42 Å². The van der Waals surface area contributed by atoms with Crippen molar-refractivity contribution in [3.8, 4) is 21.9 Å². The lowest BCUT2D eigenvalue weighted by Gasteiger charge is -2.18. The van der Waals surface area contributed by atoms with Gasteiger partial charge in [-0.15, -0.1) is 11.3 Å². The molecule has 0 amide bonds. The molecule has 1 aromatic heterocycles. The number of nitrogens with two attached hydrogens (primary N) is 1. The van der Waals surface area contributed by atoms with Crippen molar-refractivity contribution >= 4 is 11.3 Å². The van der Waals surface area contributed by atoms with Gasteiger partial charge in [-0.05, 0) is 30.3 Å². The highest BCUT2D eigenvalue weighted by atomic mass is 32.1. The molecule has 0 spiro atoms. The first kappa shape index (κ1) is 11.5. The van der Waals surface area contributed by atoms with E-state index in [1.165, 1.54) is 0 Å². The van der Waals surface area contributed by atoms with Gasteiger partial charge in [-0.3, -0.25) is 0 Å². The Labute approximate surface area is 109 Å². The molecule has 1 aromatic carbocycles. The van der Waals surface area contributed by atoms with E-state index in [0.29, 0.717) is 19.8 Å². The maximum atomic E-state index is 5.60. The summed E-state index contributed by atoms with van der Waals surface area (Å²) in [6, 6.07) is 6.01. The van der Waals surface area contributed by atoms with Gasteiger partial charge in [0.25, 0.3) is 0 Å². The molecule has 0 atom stereocenters. The molecule has 4 nitrogen and oxygen atoms in total. The van der Waals surface area contributed by atoms with Crippen molar-refractivity contribution in [1.82, 2.24) is 4.98 Å². The van der Waals surface area contributed by atoms with E-state index < -0.39 is 0 Å². The largest absolute Gasteiger partial charge is 0.486 e. The highest BCUT2D eigenvalue weighted by molar-refractivity contribution is 7.13. The van der Waals surface area contributed by atoms with E-state index in [1.807, 2.05) is 23.7 Å². The van der Waals surface area contributed by atoms with Gasteiger partial charge in [-0.2, -0.15) is 0 Å². The number of benzene rings is 1.